The lowest BCUT2D eigenvalue weighted by molar-refractivity contribution is -0.255. The highest BCUT2D eigenvalue weighted by Gasteiger charge is 2.10. The van der Waals surface area contributed by atoms with Gasteiger partial charge in [-0.1, -0.05) is 42.1 Å². The van der Waals surface area contributed by atoms with Crippen molar-refractivity contribution in [1.29, 1.82) is 0 Å². The van der Waals surface area contributed by atoms with Crippen LogP contribution in [0.5, 0.6) is 0 Å². The number of nitrogens with zero attached hydrogens (tertiary/aromatic N) is 2. The number of thioether (sulfide) groups is 1. The van der Waals surface area contributed by atoms with Crippen molar-refractivity contribution in [3.8, 4) is 11.5 Å². The summed E-state index contributed by atoms with van der Waals surface area (Å²) < 4.78 is 5.64. The Morgan fingerprint density at radius 1 is 1.15 bits per heavy atom. The maximum Gasteiger partial charge on any atom is 0.277 e. The fourth-order valence-electron chi connectivity index (χ4n) is 2.20. The van der Waals surface area contributed by atoms with Crippen LogP contribution in [0.1, 0.15) is 22.8 Å². The van der Waals surface area contributed by atoms with E-state index >= 15 is 0 Å². The first-order valence-electron chi connectivity index (χ1n) is 7.66. The van der Waals surface area contributed by atoms with Crippen LogP contribution >= 0.6 is 11.8 Å². The monoisotopic (exact) mass is 368 g/mol. The molecule has 3 aromatic rings. The van der Waals surface area contributed by atoms with E-state index < -0.39 is 5.97 Å². The van der Waals surface area contributed by atoms with Crippen LogP contribution in [-0.2, 0) is 10.5 Å². The fourth-order valence-corrected chi connectivity index (χ4v) is 2.92. The molecule has 132 valence electrons. The Morgan fingerprint density at radius 3 is 2.62 bits per heavy atom. The molecule has 7 nitrogen and oxygen atoms in total. The molecule has 1 aromatic heterocycles. The van der Waals surface area contributed by atoms with Gasteiger partial charge in [-0.2, -0.15) is 0 Å². The Balaban J connectivity index is 1.66. The number of carbonyl (C=O) groups excluding carboxylic acids is 2. The summed E-state index contributed by atoms with van der Waals surface area (Å²) in [5.74, 6) is -0.450. The largest absolute Gasteiger partial charge is 0.545 e. The predicted octanol–water partition coefficient (Wildman–Crippen LogP) is 2.35. The van der Waals surface area contributed by atoms with E-state index in [1.165, 1.54) is 30.8 Å². The molecule has 0 saturated carbocycles. The summed E-state index contributed by atoms with van der Waals surface area (Å²) in [6.07, 6.45) is 0. The van der Waals surface area contributed by atoms with E-state index in [-0.39, 0.29) is 11.5 Å². The quantitative estimate of drug-likeness (QED) is 0.665. The minimum Gasteiger partial charge on any atom is -0.545 e. The van der Waals surface area contributed by atoms with E-state index in [1.54, 1.807) is 30.3 Å². The van der Waals surface area contributed by atoms with Crippen LogP contribution in [-0.4, -0.2) is 22.1 Å². The highest BCUT2D eigenvalue weighted by Crippen LogP contribution is 2.27. The lowest BCUT2D eigenvalue weighted by Crippen LogP contribution is -2.21. The third-order valence-corrected chi connectivity index (χ3v) is 4.28. The second kappa shape index (κ2) is 7.83. The van der Waals surface area contributed by atoms with Gasteiger partial charge >= 0.3 is 0 Å². The molecule has 8 heteroatoms. The molecule has 0 radical (unpaired) electrons. The van der Waals surface area contributed by atoms with Crippen molar-refractivity contribution >= 4 is 29.3 Å². The molecule has 0 unspecified atom stereocenters. The van der Waals surface area contributed by atoms with Gasteiger partial charge in [0, 0.05) is 23.9 Å². The summed E-state index contributed by atoms with van der Waals surface area (Å²) in [5, 5.41) is 21.9. The van der Waals surface area contributed by atoms with E-state index in [2.05, 4.69) is 15.5 Å². The standard InChI is InChI=1S/C18H15N3O4S/c1-11(22)19-15-4-2-3-14(9-15)16-20-21-18(25-16)26-10-12-5-7-13(8-6-12)17(23)24/h2-9H,10H2,1H3,(H,19,22)(H,23,24)/p-1. The summed E-state index contributed by atoms with van der Waals surface area (Å²) in [4.78, 5) is 21.9. The molecule has 0 bridgehead atoms. The van der Waals surface area contributed by atoms with Gasteiger partial charge in [0.05, 0.1) is 5.97 Å². The Labute approximate surface area is 153 Å². The van der Waals surface area contributed by atoms with E-state index in [9.17, 15) is 14.7 Å². The summed E-state index contributed by atoms with van der Waals surface area (Å²) >= 11 is 1.35. The highest BCUT2D eigenvalue weighted by atomic mass is 32.2. The van der Waals surface area contributed by atoms with E-state index in [0.717, 1.165) is 5.56 Å². The number of benzene rings is 2. The molecule has 0 atom stereocenters. The van der Waals surface area contributed by atoms with Crippen molar-refractivity contribution in [1.82, 2.24) is 10.2 Å². The summed E-state index contributed by atoms with van der Waals surface area (Å²) in [6.45, 7) is 1.44. The minimum atomic E-state index is -1.20. The molecule has 1 N–H and O–H groups in total. The first kappa shape index (κ1) is 17.7. The average Bonchev–Trinajstić information content (AvgIpc) is 3.09. The van der Waals surface area contributed by atoms with Crippen LogP contribution in [0.25, 0.3) is 11.5 Å². The molecule has 3 rings (SSSR count). The van der Waals surface area contributed by atoms with Crippen molar-refractivity contribution < 1.29 is 19.1 Å². The second-order valence-electron chi connectivity index (χ2n) is 5.41. The number of anilines is 1. The molecule has 0 fully saturated rings. The number of aromatic nitrogens is 2. The zero-order valence-corrected chi connectivity index (χ0v) is 14.6. The topological polar surface area (TPSA) is 108 Å². The number of hydrogen-bond acceptors (Lipinski definition) is 7. The normalized spacial score (nSPS) is 10.5. The van der Waals surface area contributed by atoms with Crippen LogP contribution in [0, 0.1) is 0 Å². The maximum atomic E-state index is 11.1. The molecule has 0 spiro atoms. The third-order valence-electron chi connectivity index (χ3n) is 3.39. The zero-order valence-electron chi connectivity index (χ0n) is 13.8. The number of carbonyl (C=O) groups is 2. The summed E-state index contributed by atoms with van der Waals surface area (Å²) in [6, 6.07) is 13.5. The zero-order chi connectivity index (χ0) is 18.5. The van der Waals surface area contributed by atoms with E-state index in [1.807, 2.05) is 6.07 Å². The number of aromatic carboxylic acids is 1. The molecule has 0 saturated heterocycles. The van der Waals surface area contributed by atoms with Crippen molar-refractivity contribution in [2.75, 3.05) is 5.32 Å². The molecule has 1 heterocycles. The number of hydrogen-bond donors (Lipinski definition) is 1. The van der Waals surface area contributed by atoms with Gasteiger partial charge in [0.1, 0.15) is 0 Å². The number of nitrogens with one attached hydrogen (secondary N) is 1. The van der Waals surface area contributed by atoms with Crippen molar-refractivity contribution in [2.45, 2.75) is 17.9 Å². The fraction of sp³-hybridized carbons (Fsp3) is 0.111. The predicted molar refractivity (Wildman–Crippen MR) is 94.4 cm³/mol. The highest BCUT2D eigenvalue weighted by molar-refractivity contribution is 7.98. The molecule has 0 aliphatic heterocycles. The van der Waals surface area contributed by atoms with Crippen LogP contribution < -0.4 is 10.4 Å². The van der Waals surface area contributed by atoms with Gasteiger partial charge in [-0.15, -0.1) is 10.2 Å². The number of carboxylic acid groups (broad SMARTS) is 1. The first-order chi connectivity index (χ1) is 12.5. The van der Waals surface area contributed by atoms with E-state index in [0.29, 0.717) is 28.1 Å². The molecule has 0 aliphatic carbocycles. The lowest BCUT2D eigenvalue weighted by atomic mass is 10.1. The van der Waals surface area contributed by atoms with Crippen LogP contribution in [0.15, 0.2) is 58.2 Å². The molecule has 2 aromatic carbocycles. The van der Waals surface area contributed by atoms with Gasteiger partial charge in [0.15, 0.2) is 0 Å². The van der Waals surface area contributed by atoms with Crippen molar-refractivity contribution in [2.24, 2.45) is 0 Å². The second-order valence-corrected chi connectivity index (χ2v) is 6.33. The maximum absolute atomic E-state index is 11.1. The van der Waals surface area contributed by atoms with Crippen LogP contribution in [0.3, 0.4) is 0 Å². The van der Waals surface area contributed by atoms with Gasteiger partial charge in [0.25, 0.3) is 5.22 Å². The Kier molecular flexibility index (Phi) is 5.33. The summed E-state index contributed by atoms with van der Waals surface area (Å²) in [5.41, 5.74) is 2.41. The van der Waals surface area contributed by atoms with Crippen molar-refractivity contribution in [3.05, 3.63) is 59.7 Å². The summed E-state index contributed by atoms with van der Waals surface area (Å²) in [7, 11) is 0. The lowest BCUT2D eigenvalue weighted by Gasteiger charge is -2.03. The molecular formula is C18H14N3O4S-. The Bertz CT molecular complexity index is 938. The molecule has 26 heavy (non-hydrogen) atoms. The molecule has 1 amide bonds. The number of rotatable bonds is 6. The minimum absolute atomic E-state index is 0.137. The smallest absolute Gasteiger partial charge is 0.277 e. The van der Waals surface area contributed by atoms with Crippen molar-refractivity contribution in [3.63, 3.8) is 0 Å². The number of carboxylic acids is 1. The average molecular weight is 368 g/mol. The Morgan fingerprint density at radius 2 is 1.92 bits per heavy atom. The van der Waals surface area contributed by atoms with Gasteiger partial charge in [-0.05, 0) is 29.3 Å². The van der Waals surface area contributed by atoms with Gasteiger partial charge in [-0.25, -0.2) is 0 Å². The first-order valence-corrected chi connectivity index (χ1v) is 8.64. The van der Waals surface area contributed by atoms with Gasteiger partial charge in [0.2, 0.25) is 11.8 Å². The van der Waals surface area contributed by atoms with Crippen LogP contribution in [0.2, 0.25) is 0 Å². The van der Waals surface area contributed by atoms with Crippen LogP contribution in [0.4, 0.5) is 5.69 Å². The number of amides is 1. The molecule has 0 aliphatic rings. The molecular weight excluding hydrogens is 354 g/mol. The third kappa shape index (κ3) is 4.48. The SMILES string of the molecule is CC(=O)Nc1cccc(-c2nnc(SCc3ccc(C(=O)[O-])cc3)o2)c1. The van der Waals surface area contributed by atoms with Gasteiger partial charge < -0.3 is 19.6 Å². The van der Waals surface area contributed by atoms with Gasteiger partial charge in [-0.3, -0.25) is 4.79 Å². The van der Waals surface area contributed by atoms with E-state index in [4.69, 9.17) is 4.42 Å². The Hall–Kier alpha value is -3.13.